The summed E-state index contributed by atoms with van der Waals surface area (Å²) in [6.45, 7) is 9.04. The number of benzene rings is 1. The summed E-state index contributed by atoms with van der Waals surface area (Å²) in [7, 11) is 0. The Kier molecular flexibility index (Phi) is 4.32. The molecule has 4 nitrogen and oxygen atoms in total. The predicted octanol–water partition coefficient (Wildman–Crippen LogP) is 4.06. The predicted molar refractivity (Wildman–Crippen MR) is 86.3 cm³/mol. The van der Waals surface area contributed by atoms with Crippen LogP contribution >= 0.6 is 11.3 Å². The van der Waals surface area contributed by atoms with E-state index in [2.05, 4.69) is 31.1 Å². The van der Waals surface area contributed by atoms with Crippen molar-refractivity contribution in [2.24, 2.45) is 0 Å². The van der Waals surface area contributed by atoms with Gasteiger partial charge in [-0.3, -0.25) is 0 Å². The molecule has 1 heterocycles. The first-order valence-electron chi connectivity index (χ1n) is 6.80. The Morgan fingerprint density at radius 2 is 2.10 bits per heavy atom. The molecular formula is C16H20N2O2S. The number of aryl methyl sites for hydroxylation is 1. The minimum absolute atomic E-state index is 0.0576. The second-order valence-electron chi connectivity index (χ2n) is 6.07. The molecule has 5 heteroatoms. The van der Waals surface area contributed by atoms with Gasteiger partial charge in [0.05, 0.1) is 17.1 Å². The van der Waals surface area contributed by atoms with Crippen LogP contribution in [0.4, 0.5) is 5.69 Å². The van der Waals surface area contributed by atoms with E-state index in [4.69, 9.17) is 5.11 Å². The quantitative estimate of drug-likeness (QED) is 0.894. The van der Waals surface area contributed by atoms with Crippen molar-refractivity contribution in [3.05, 3.63) is 45.4 Å². The molecule has 0 unspecified atom stereocenters. The zero-order valence-electron chi connectivity index (χ0n) is 12.7. The van der Waals surface area contributed by atoms with E-state index < -0.39 is 5.97 Å². The number of aromatic carboxylic acids is 1. The van der Waals surface area contributed by atoms with E-state index in [1.807, 2.05) is 19.2 Å². The smallest absolute Gasteiger partial charge is 0.335 e. The Balaban J connectivity index is 2.11. The van der Waals surface area contributed by atoms with Crippen molar-refractivity contribution >= 4 is 23.0 Å². The fourth-order valence-electron chi connectivity index (χ4n) is 1.86. The highest BCUT2D eigenvalue weighted by Gasteiger charge is 2.17. The summed E-state index contributed by atoms with van der Waals surface area (Å²) >= 11 is 1.69. The summed E-state index contributed by atoms with van der Waals surface area (Å²) in [5, 5.41) is 13.4. The van der Waals surface area contributed by atoms with Gasteiger partial charge in [-0.1, -0.05) is 26.8 Å². The number of carboxylic acids is 1. The molecule has 0 fully saturated rings. The molecule has 0 aliphatic carbocycles. The SMILES string of the molecule is Cc1ccc(C(=O)O)cc1NCc1cnc(C(C)(C)C)s1. The van der Waals surface area contributed by atoms with E-state index in [1.165, 1.54) is 0 Å². The normalized spacial score (nSPS) is 11.4. The van der Waals surface area contributed by atoms with E-state index in [9.17, 15) is 4.79 Å². The maximum Gasteiger partial charge on any atom is 0.335 e. The highest BCUT2D eigenvalue weighted by Crippen LogP contribution is 2.27. The Labute approximate surface area is 128 Å². The van der Waals surface area contributed by atoms with Crippen LogP contribution in [0, 0.1) is 6.92 Å². The van der Waals surface area contributed by atoms with Crippen LogP contribution in [0.2, 0.25) is 0 Å². The third-order valence-electron chi connectivity index (χ3n) is 3.13. The molecule has 0 aliphatic rings. The zero-order chi connectivity index (χ0) is 15.6. The van der Waals surface area contributed by atoms with E-state index in [0.29, 0.717) is 12.1 Å². The topological polar surface area (TPSA) is 62.2 Å². The number of aromatic nitrogens is 1. The van der Waals surface area contributed by atoms with Gasteiger partial charge in [0, 0.05) is 22.2 Å². The largest absolute Gasteiger partial charge is 0.478 e. The number of hydrogen-bond acceptors (Lipinski definition) is 4. The van der Waals surface area contributed by atoms with Gasteiger partial charge in [0.15, 0.2) is 0 Å². The van der Waals surface area contributed by atoms with E-state index >= 15 is 0 Å². The summed E-state index contributed by atoms with van der Waals surface area (Å²) < 4.78 is 0. The van der Waals surface area contributed by atoms with Gasteiger partial charge in [-0.15, -0.1) is 11.3 Å². The van der Waals surface area contributed by atoms with Crippen molar-refractivity contribution in [3.63, 3.8) is 0 Å². The molecule has 21 heavy (non-hydrogen) atoms. The molecule has 2 N–H and O–H groups in total. The van der Waals surface area contributed by atoms with E-state index in [-0.39, 0.29) is 5.41 Å². The van der Waals surface area contributed by atoms with Crippen LogP contribution in [-0.4, -0.2) is 16.1 Å². The van der Waals surface area contributed by atoms with Gasteiger partial charge in [-0.05, 0) is 24.6 Å². The number of anilines is 1. The maximum atomic E-state index is 11.0. The molecule has 0 radical (unpaired) electrons. The molecule has 1 aromatic heterocycles. The van der Waals surface area contributed by atoms with Gasteiger partial charge in [0.2, 0.25) is 0 Å². The summed E-state index contributed by atoms with van der Waals surface area (Å²) in [4.78, 5) is 16.6. The molecule has 0 bridgehead atoms. The van der Waals surface area contributed by atoms with E-state index in [0.717, 1.165) is 21.1 Å². The highest BCUT2D eigenvalue weighted by atomic mass is 32.1. The lowest BCUT2D eigenvalue weighted by Crippen LogP contribution is -2.09. The molecule has 0 amide bonds. The lowest BCUT2D eigenvalue weighted by atomic mass is 9.98. The number of rotatable bonds is 4. The van der Waals surface area contributed by atoms with Gasteiger partial charge >= 0.3 is 5.97 Å². The molecule has 0 spiro atoms. The zero-order valence-corrected chi connectivity index (χ0v) is 13.5. The third kappa shape index (κ3) is 3.82. The molecule has 0 saturated heterocycles. The Bertz CT molecular complexity index is 657. The van der Waals surface area contributed by atoms with Crippen molar-refractivity contribution in [3.8, 4) is 0 Å². The van der Waals surface area contributed by atoms with Crippen LogP contribution in [0.15, 0.2) is 24.4 Å². The number of carbonyl (C=O) groups is 1. The van der Waals surface area contributed by atoms with Crippen LogP contribution in [0.1, 0.15) is 46.6 Å². The number of nitrogens with zero attached hydrogens (tertiary/aromatic N) is 1. The molecule has 2 rings (SSSR count). The van der Waals surface area contributed by atoms with Crippen LogP contribution in [-0.2, 0) is 12.0 Å². The molecule has 0 atom stereocenters. The van der Waals surface area contributed by atoms with Crippen molar-refractivity contribution < 1.29 is 9.90 Å². The van der Waals surface area contributed by atoms with Gasteiger partial charge in [-0.2, -0.15) is 0 Å². The fourth-order valence-corrected chi connectivity index (χ4v) is 2.77. The summed E-state index contributed by atoms with van der Waals surface area (Å²) in [6, 6.07) is 5.11. The standard InChI is InChI=1S/C16H20N2O2S/c1-10-5-6-11(14(19)20)7-13(10)17-8-12-9-18-15(21-12)16(2,3)4/h5-7,9,17H,8H2,1-4H3,(H,19,20). The molecule has 2 aromatic rings. The summed E-state index contributed by atoms with van der Waals surface area (Å²) in [6.07, 6.45) is 1.88. The van der Waals surface area contributed by atoms with Crippen molar-refractivity contribution in [1.29, 1.82) is 0 Å². The highest BCUT2D eigenvalue weighted by molar-refractivity contribution is 7.11. The third-order valence-corrected chi connectivity index (χ3v) is 4.56. The second-order valence-corrected chi connectivity index (χ2v) is 7.19. The van der Waals surface area contributed by atoms with E-state index in [1.54, 1.807) is 23.5 Å². The second kappa shape index (κ2) is 5.85. The summed E-state index contributed by atoms with van der Waals surface area (Å²) in [5.74, 6) is -0.911. The Morgan fingerprint density at radius 3 is 2.67 bits per heavy atom. The molecule has 0 saturated carbocycles. The number of thiazole rings is 1. The summed E-state index contributed by atoms with van der Waals surface area (Å²) in [5.41, 5.74) is 2.23. The van der Waals surface area contributed by atoms with Crippen molar-refractivity contribution in [2.75, 3.05) is 5.32 Å². The first-order valence-corrected chi connectivity index (χ1v) is 7.62. The average molecular weight is 304 g/mol. The fraction of sp³-hybridized carbons (Fsp3) is 0.375. The molecule has 0 aliphatic heterocycles. The van der Waals surface area contributed by atoms with Gasteiger partial charge < -0.3 is 10.4 Å². The van der Waals surface area contributed by atoms with Crippen molar-refractivity contribution in [1.82, 2.24) is 4.98 Å². The maximum absolute atomic E-state index is 11.0. The van der Waals surface area contributed by atoms with Crippen LogP contribution < -0.4 is 5.32 Å². The number of carboxylic acid groups (broad SMARTS) is 1. The first kappa shape index (κ1) is 15.5. The lowest BCUT2D eigenvalue weighted by molar-refractivity contribution is 0.0697. The van der Waals surface area contributed by atoms with Crippen molar-refractivity contribution in [2.45, 2.75) is 39.7 Å². The minimum Gasteiger partial charge on any atom is -0.478 e. The average Bonchev–Trinajstić information content (AvgIpc) is 2.86. The van der Waals surface area contributed by atoms with Gasteiger partial charge in [0.1, 0.15) is 0 Å². The Morgan fingerprint density at radius 1 is 1.38 bits per heavy atom. The Hall–Kier alpha value is -1.88. The lowest BCUT2D eigenvalue weighted by Gasteiger charge is -2.13. The van der Waals surface area contributed by atoms with Crippen LogP contribution in [0.3, 0.4) is 0 Å². The van der Waals surface area contributed by atoms with Gasteiger partial charge in [0.25, 0.3) is 0 Å². The molecule has 112 valence electrons. The van der Waals surface area contributed by atoms with Gasteiger partial charge in [-0.25, -0.2) is 9.78 Å². The van der Waals surface area contributed by atoms with Crippen LogP contribution in [0.25, 0.3) is 0 Å². The molecule has 1 aromatic carbocycles. The first-order chi connectivity index (χ1) is 9.77. The number of hydrogen-bond donors (Lipinski definition) is 2. The minimum atomic E-state index is -0.911. The monoisotopic (exact) mass is 304 g/mol. The number of nitrogens with one attached hydrogen (secondary N) is 1. The molecular weight excluding hydrogens is 284 g/mol. The van der Waals surface area contributed by atoms with Crippen LogP contribution in [0.5, 0.6) is 0 Å².